The molecular formula is C17H25NO3. The van der Waals surface area contributed by atoms with Crippen LogP contribution >= 0.6 is 0 Å². The molecule has 0 aromatic heterocycles. The molecule has 0 aliphatic carbocycles. The molecule has 2 aliphatic heterocycles. The fourth-order valence-electron chi connectivity index (χ4n) is 3.27. The van der Waals surface area contributed by atoms with E-state index in [4.69, 9.17) is 9.47 Å². The summed E-state index contributed by atoms with van der Waals surface area (Å²) in [6.45, 7) is 2.93. The molecule has 5 unspecified atom stereocenters. The molecule has 2 saturated heterocycles. The fourth-order valence-corrected chi connectivity index (χ4v) is 3.27. The highest BCUT2D eigenvalue weighted by molar-refractivity contribution is 5.16. The Bertz CT molecular complexity index is 439. The maximum absolute atomic E-state index is 10.0. The number of aliphatic hydroxyl groups is 1. The zero-order chi connectivity index (χ0) is 14.7. The molecule has 4 nitrogen and oxygen atoms in total. The highest BCUT2D eigenvalue weighted by Gasteiger charge is 2.40. The van der Waals surface area contributed by atoms with E-state index < -0.39 is 6.10 Å². The molecule has 2 bridgehead atoms. The van der Waals surface area contributed by atoms with E-state index >= 15 is 0 Å². The monoisotopic (exact) mass is 291 g/mol. The van der Waals surface area contributed by atoms with Crippen LogP contribution in [0.25, 0.3) is 0 Å². The minimum atomic E-state index is -0.477. The first-order valence-corrected chi connectivity index (χ1v) is 7.96. The summed E-state index contributed by atoms with van der Waals surface area (Å²) in [5.41, 5.74) is 1.14. The smallest absolute Gasteiger partial charge is 0.0898 e. The van der Waals surface area contributed by atoms with Crippen LogP contribution in [0.1, 0.15) is 37.9 Å². The molecule has 2 N–H and O–H groups in total. The Kier molecular flexibility index (Phi) is 4.91. The highest BCUT2D eigenvalue weighted by atomic mass is 16.5. The lowest BCUT2D eigenvalue weighted by Crippen LogP contribution is -2.42. The minimum absolute atomic E-state index is 0.00618. The van der Waals surface area contributed by atoms with Crippen LogP contribution in [-0.4, -0.2) is 42.6 Å². The first-order valence-electron chi connectivity index (χ1n) is 7.96. The molecule has 5 atom stereocenters. The summed E-state index contributed by atoms with van der Waals surface area (Å²) in [5.74, 6) is 0. The number of ether oxygens (including phenoxy) is 2. The van der Waals surface area contributed by atoms with Gasteiger partial charge in [0.2, 0.25) is 0 Å². The number of nitrogens with one attached hydrogen (secondary N) is 1. The summed E-state index contributed by atoms with van der Waals surface area (Å²) in [5, 5.41) is 13.5. The van der Waals surface area contributed by atoms with Gasteiger partial charge in [-0.05, 0) is 31.7 Å². The molecule has 2 aliphatic rings. The second-order valence-corrected chi connectivity index (χ2v) is 6.16. The van der Waals surface area contributed by atoms with E-state index in [2.05, 4.69) is 5.32 Å². The molecule has 0 radical (unpaired) electrons. The van der Waals surface area contributed by atoms with Crippen LogP contribution < -0.4 is 5.32 Å². The number of hydrogen-bond acceptors (Lipinski definition) is 4. The predicted octanol–water partition coefficient (Wildman–Crippen LogP) is 2.03. The SMILES string of the molecule is CC(OCC(O)CNC1CC2CCC1O2)c1ccccc1. The Balaban J connectivity index is 1.36. The quantitative estimate of drug-likeness (QED) is 0.807. The van der Waals surface area contributed by atoms with E-state index in [9.17, 15) is 5.11 Å². The Labute approximate surface area is 126 Å². The third-order valence-electron chi connectivity index (χ3n) is 4.53. The maximum atomic E-state index is 10.0. The van der Waals surface area contributed by atoms with Crippen LogP contribution in [0.5, 0.6) is 0 Å². The summed E-state index contributed by atoms with van der Waals surface area (Å²) in [6.07, 6.45) is 3.76. The molecule has 0 amide bonds. The van der Waals surface area contributed by atoms with Crippen LogP contribution in [0.4, 0.5) is 0 Å². The number of benzene rings is 1. The Morgan fingerprint density at radius 1 is 1.33 bits per heavy atom. The van der Waals surface area contributed by atoms with Crippen molar-refractivity contribution >= 4 is 0 Å². The Morgan fingerprint density at radius 3 is 2.81 bits per heavy atom. The average Bonchev–Trinajstić information content (AvgIpc) is 3.14. The van der Waals surface area contributed by atoms with Crippen molar-refractivity contribution in [3.63, 3.8) is 0 Å². The van der Waals surface area contributed by atoms with Crippen molar-refractivity contribution in [3.05, 3.63) is 35.9 Å². The summed E-state index contributed by atoms with van der Waals surface area (Å²) in [4.78, 5) is 0. The molecule has 116 valence electrons. The van der Waals surface area contributed by atoms with Gasteiger partial charge in [0.1, 0.15) is 0 Å². The highest BCUT2D eigenvalue weighted by Crippen LogP contribution is 2.34. The first-order chi connectivity index (χ1) is 10.2. The van der Waals surface area contributed by atoms with Crippen molar-refractivity contribution in [1.82, 2.24) is 5.32 Å². The average molecular weight is 291 g/mol. The lowest BCUT2D eigenvalue weighted by Gasteiger charge is -2.22. The van der Waals surface area contributed by atoms with Gasteiger partial charge in [-0.25, -0.2) is 0 Å². The van der Waals surface area contributed by atoms with Gasteiger partial charge < -0.3 is 19.9 Å². The second kappa shape index (κ2) is 6.88. The molecular weight excluding hydrogens is 266 g/mol. The number of hydrogen-bond donors (Lipinski definition) is 2. The van der Waals surface area contributed by atoms with Crippen LogP contribution in [0, 0.1) is 0 Å². The van der Waals surface area contributed by atoms with Gasteiger partial charge in [0.15, 0.2) is 0 Å². The van der Waals surface area contributed by atoms with E-state index in [1.807, 2.05) is 37.3 Å². The van der Waals surface area contributed by atoms with E-state index in [0.29, 0.717) is 31.4 Å². The molecule has 2 fully saturated rings. The fraction of sp³-hybridized carbons (Fsp3) is 0.647. The standard InChI is InChI=1S/C17H25NO3/c1-12(13-5-3-2-4-6-13)20-11-14(19)10-18-16-9-15-7-8-17(16)21-15/h2-6,12,14-19H,7-11H2,1H3. The number of aliphatic hydroxyl groups excluding tert-OH is 1. The van der Waals surface area contributed by atoms with Gasteiger partial charge in [-0.3, -0.25) is 0 Å². The first kappa shape index (κ1) is 15.0. The van der Waals surface area contributed by atoms with E-state index in [-0.39, 0.29) is 6.10 Å². The zero-order valence-corrected chi connectivity index (χ0v) is 12.6. The van der Waals surface area contributed by atoms with Gasteiger partial charge in [-0.1, -0.05) is 30.3 Å². The summed E-state index contributed by atoms with van der Waals surface area (Å²) in [6, 6.07) is 10.5. The van der Waals surface area contributed by atoms with Crippen molar-refractivity contribution in [2.45, 2.75) is 56.6 Å². The summed E-state index contributed by atoms with van der Waals surface area (Å²) >= 11 is 0. The minimum Gasteiger partial charge on any atom is -0.389 e. The van der Waals surface area contributed by atoms with Crippen LogP contribution in [0.3, 0.4) is 0 Å². The van der Waals surface area contributed by atoms with Gasteiger partial charge in [-0.15, -0.1) is 0 Å². The van der Waals surface area contributed by atoms with Crippen LogP contribution in [-0.2, 0) is 9.47 Å². The predicted molar refractivity (Wildman–Crippen MR) is 81.1 cm³/mol. The maximum Gasteiger partial charge on any atom is 0.0898 e. The van der Waals surface area contributed by atoms with Gasteiger partial charge in [-0.2, -0.15) is 0 Å². The molecule has 1 aromatic carbocycles. The van der Waals surface area contributed by atoms with Gasteiger partial charge in [0.25, 0.3) is 0 Å². The Morgan fingerprint density at radius 2 is 2.14 bits per heavy atom. The van der Waals surface area contributed by atoms with Gasteiger partial charge >= 0.3 is 0 Å². The Hall–Kier alpha value is -0.940. The normalized spacial score (nSPS) is 30.5. The number of fused-ring (bicyclic) bond motifs is 2. The van der Waals surface area contributed by atoms with Crippen molar-refractivity contribution < 1.29 is 14.6 Å². The number of rotatable bonds is 7. The third kappa shape index (κ3) is 3.83. The molecule has 0 saturated carbocycles. The van der Waals surface area contributed by atoms with E-state index in [0.717, 1.165) is 18.4 Å². The lowest BCUT2D eigenvalue weighted by molar-refractivity contribution is -0.00380. The van der Waals surface area contributed by atoms with Crippen LogP contribution in [0.2, 0.25) is 0 Å². The zero-order valence-electron chi connectivity index (χ0n) is 12.6. The van der Waals surface area contributed by atoms with Crippen molar-refractivity contribution in [1.29, 1.82) is 0 Å². The molecule has 3 rings (SSSR count). The van der Waals surface area contributed by atoms with Crippen LogP contribution in [0.15, 0.2) is 30.3 Å². The van der Waals surface area contributed by atoms with Gasteiger partial charge in [0, 0.05) is 12.6 Å². The van der Waals surface area contributed by atoms with E-state index in [1.165, 1.54) is 6.42 Å². The van der Waals surface area contributed by atoms with Gasteiger partial charge in [0.05, 0.1) is 31.0 Å². The third-order valence-corrected chi connectivity index (χ3v) is 4.53. The van der Waals surface area contributed by atoms with E-state index in [1.54, 1.807) is 0 Å². The summed E-state index contributed by atoms with van der Waals surface area (Å²) in [7, 11) is 0. The topological polar surface area (TPSA) is 50.7 Å². The molecule has 21 heavy (non-hydrogen) atoms. The largest absolute Gasteiger partial charge is 0.389 e. The summed E-state index contributed by atoms with van der Waals surface area (Å²) < 4.78 is 11.5. The molecule has 4 heteroatoms. The second-order valence-electron chi connectivity index (χ2n) is 6.16. The molecule has 2 heterocycles. The van der Waals surface area contributed by atoms with Crippen molar-refractivity contribution in [2.24, 2.45) is 0 Å². The molecule has 1 aromatic rings. The molecule has 0 spiro atoms. The van der Waals surface area contributed by atoms with Crippen molar-refractivity contribution in [3.8, 4) is 0 Å². The van der Waals surface area contributed by atoms with Crippen molar-refractivity contribution in [2.75, 3.05) is 13.2 Å². The lowest BCUT2D eigenvalue weighted by atomic mass is 9.95.